The zero-order valence-corrected chi connectivity index (χ0v) is 19.1. The van der Waals surface area contributed by atoms with Gasteiger partial charge in [0.25, 0.3) is 5.91 Å². The largest absolute Gasteiger partial charge is 0.464 e. The molecule has 2 amide bonds. The van der Waals surface area contributed by atoms with Crippen LogP contribution in [-0.4, -0.2) is 46.0 Å². The first-order valence-electron chi connectivity index (χ1n) is 11.1. The molecule has 1 aliphatic heterocycles. The van der Waals surface area contributed by atoms with E-state index in [0.29, 0.717) is 5.69 Å². The lowest BCUT2D eigenvalue weighted by molar-refractivity contribution is -0.127. The average molecular weight is 439 g/mol. The van der Waals surface area contributed by atoms with Crippen molar-refractivity contribution in [3.05, 3.63) is 47.0 Å². The van der Waals surface area contributed by atoms with E-state index in [2.05, 4.69) is 10.3 Å². The molecule has 1 saturated carbocycles. The number of fused-ring (bicyclic) bond motifs is 1. The molecule has 2 aromatic rings. The number of methoxy groups -OCH3 is 1. The summed E-state index contributed by atoms with van der Waals surface area (Å²) in [5, 5.41) is 3.20. The highest BCUT2D eigenvalue weighted by atomic mass is 16.5. The molecule has 2 heterocycles. The first-order chi connectivity index (χ1) is 15.3. The third kappa shape index (κ3) is 3.67. The molecule has 8 heteroatoms. The van der Waals surface area contributed by atoms with Gasteiger partial charge in [-0.15, -0.1) is 0 Å². The SMILES string of the molecule is COC(=O)c1ncn2c1C(=O)N(c1cc(C)ccc1C)C(C)(C(=O)NC1CCCCC1)C2. The highest BCUT2D eigenvalue weighted by Gasteiger charge is 2.50. The Morgan fingerprint density at radius 3 is 2.59 bits per heavy atom. The Hall–Kier alpha value is -3.16. The molecular weight excluding hydrogens is 408 g/mol. The van der Waals surface area contributed by atoms with E-state index in [-0.39, 0.29) is 29.9 Å². The van der Waals surface area contributed by atoms with E-state index in [1.807, 2.05) is 32.0 Å². The molecule has 1 aromatic carbocycles. The third-order valence-corrected chi connectivity index (χ3v) is 6.63. The Labute approximate surface area is 187 Å². The minimum Gasteiger partial charge on any atom is -0.464 e. The van der Waals surface area contributed by atoms with Crippen LogP contribution in [0.25, 0.3) is 0 Å². The van der Waals surface area contributed by atoms with Gasteiger partial charge in [-0.1, -0.05) is 31.4 Å². The van der Waals surface area contributed by atoms with E-state index in [4.69, 9.17) is 4.74 Å². The standard InChI is InChI=1S/C24H30N4O4/c1-15-10-11-16(2)18(12-15)28-21(29)20-19(22(30)32-4)25-14-27(20)13-24(28,3)23(31)26-17-8-6-5-7-9-17/h10-12,14,17H,5-9,13H2,1-4H3,(H,26,31). The summed E-state index contributed by atoms with van der Waals surface area (Å²) in [7, 11) is 1.26. The molecule has 1 aliphatic carbocycles. The Morgan fingerprint density at radius 2 is 1.91 bits per heavy atom. The molecular formula is C24H30N4O4. The average Bonchev–Trinajstić information content (AvgIpc) is 3.20. The molecule has 2 aliphatic rings. The lowest BCUT2D eigenvalue weighted by atomic mass is 9.90. The molecule has 32 heavy (non-hydrogen) atoms. The van der Waals surface area contributed by atoms with Crippen LogP contribution in [0, 0.1) is 13.8 Å². The minimum atomic E-state index is -1.19. The molecule has 0 radical (unpaired) electrons. The van der Waals surface area contributed by atoms with Crippen molar-refractivity contribution < 1.29 is 19.1 Å². The minimum absolute atomic E-state index is 0.0393. The van der Waals surface area contributed by atoms with Crippen LogP contribution in [0.5, 0.6) is 0 Å². The maximum absolute atomic E-state index is 13.9. The molecule has 1 N–H and O–H groups in total. The number of hydrogen-bond acceptors (Lipinski definition) is 5. The number of imidazole rings is 1. The van der Waals surface area contributed by atoms with Gasteiger partial charge in [-0.2, -0.15) is 0 Å². The molecule has 4 rings (SSSR count). The van der Waals surface area contributed by atoms with Crippen molar-refractivity contribution in [2.75, 3.05) is 12.0 Å². The summed E-state index contributed by atoms with van der Waals surface area (Å²) in [5.41, 5.74) is 1.41. The summed E-state index contributed by atoms with van der Waals surface area (Å²) in [5.74, 6) is -1.31. The second kappa shape index (κ2) is 8.41. The molecule has 0 bridgehead atoms. The Kier molecular flexibility index (Phi) is 5.79. The van der Waals surface area contributed by atoms with Gasteiger partial charge in [-0.25, -0.2) is 9.78 Å². The summed E-state index contributed by atoms with van der Waals surface area (Å²) >= 11 is 0. The number of carbonyl (C=O) groups excluding carboxylic acids is 3. The van der Waals surface area contributed by atoms with Crippen LogP contribution in [0.3, 0.4) is 0 Å². The Balaban J connectivity index is 1.82. The van der Waals surface area contributed by atoms with Gasteiger partial charge in [-0.05, 0) is 50.8 Å². The molecule has 0 saturated heterocycles. The van der Waals surface area contributed by atoms with Crippen LogP contribution < -0.4 is 10.2 Å². The summed E-state index contributed by atoms with van der Waals surface area (Å²) in [4.78, 5) is 45.5. The molecule has 170 valence electrons. The van der Waals surface area contributed by atoms with Gasteiger partial charge in [0.15, 0.2) is 5.69 Å². The number of anilines is 1. The van der Waals surface area contributed by atoms with Crippen molar-refractivity contribution in [2.24, 2.45) is 0 Å². The molecule has 0 spiro atoms. The van der Waals surface area contributed by atoms with E-state index in [0.717, 1.165) is 36.8 Å². The fourth-order valence-corrected chi connectivity index (χ4v) is 4.80. The van der Waals surface area contributed by atoms with E-state index in [1.165, 1.54) is 24.8 Å². The Bertz CT molecular complexity index is 1070. The maximum atomic E-state index is 13.9. The van der Waals surface area contributed by atoms with Gasteiger partial charge in [-0.3, -0.25) is 14.5 Å². The number of hydrogen-bond donors (Lipinski definition) is 1. The van der Waals surface area contributed by atoms with Crippen LogP contribution in [-0.2, 0) is 16.1 Å². The van der Waals surface area contributed by atoms with Crippen molar-refractivity contribution in [3.63, 3.8) is 0 Å². The van der Waals surface area contributed by atoms with Gasteiger partial charge in [0.2, 0.25) is 5.91 Å². The highest BCUT2D eigenvalue weighted by molar-refractivity contribution is 6.15. The van der Waals surface area contributed by atoms with Gasteiger partial charge in [0.05, 0.1) is 20.0 Å². The van der Waals surface area contributed by atoms with Crippen LogP contribution >= 0.6 is 0 Å². The lowest BCUT2D eigenvalue weighted by Crippen LogP contribution is -2.65. The summed E-state index contributed by atoms with van der Waals surface area (Å²) in [6.07, 6.45) is 6.70. The van der Waals surface area contributed by atoms with Crippen molar-refractivity contribution in [2.45, 2.75) is 71.0 Å². The van der Waals surface area contributed by atoms with Crippen molar-refractivity contribution >= 4 is 23.5 Å². The van der Waals surface area contributed by atoms with Crippen molar-refractivity contribution in [1.82, 2.24) is 14.9 Å². The third-order valence-electron chi connectivity index (χ3n) is 6.63. The highest BCUT2D eigenvalue weighted by Crippen LogP contribution is 2.36. The zero-order chi connectivity index (χ0) is 23.0. The molecule has 1 aromatic heterocycles. The van der Waals surface area contributed by atoms with Crippen LogP contribution in [0.15, 0.2) is 24.5 Å². The zero-order valence-electron chi connectivity index (χ0n) is 19.1. The number of benzene rings is 1. The summed E-state index contributed by atoms with van der Waals surface area (Å²) in [6, 6.07) is 5.92. The number of aromatic nitrogens is 2. The number of esters is 1. The first-order valence-corrected chi connectivity index (χ1v) is 11.1. The number of ether oxygens (including phenoxy) is 1. The summed E-state index contributed by atoms with van der Waals surface area (Å²) in [6.45, 7) is 5.82. The Morgan fingerprint density at radius 1 is 1.19 bits per heavy atom. The lowest BCUT2D eigenvalue weighted by Gasteiger charge is -2.45. The smallest absolute Gasteiger partial charge is 0.359 e. The second-order valence-electron chi connectivity index (χ2n) is 9.07. The van der Waals surface area contributed by atoms with Crippen molar-refractivity contribution in [1.29, 1.82) is 0 Å². The number of nitrogens with zero attached hydrogens (tertiary/aromatic N) is 3. The van der Waals surface area contributed by atoms with E-state index < -0.39 is 17.4 Å². The summed E-state index contributed by atoms with van der Waals surface area (Å²) < 4.78 is 6.42. The monoisotopic (exact) mass is 438 g/mol. The molecule has 1 unspecified atom stereocenters. The van der Waals surface area contributed by atoms with Gasteiger partial charge < -0.3 is 14.6 Å². The molecule has 1 fully saturated rings. The van der Waals surface area contributed by atoms with Crippen LogP contribution in [0.4, 0.5) is 5.69 Å². The van der Waals surface area contributed by atoms with E-state index in [1.54, 1.807) is 11.5 Å². The fourth-order valence-electron chi connectivity index (χ4n) is 4.80. The van der Waals surface area contributed by atoms with Crippen molar-refractivity contribution in [3.8, 4) is 0 Å². The van der Waals surface area contributed by atoms with Gasteiger partial charge in [0, 0.05) is 11.7 Å². The van der Waals surface area contributed by atoms with Gasteiger partial charge in [0.1, 0.15) is 11.2 Å². The number of rotatable bonds is 4. The first kappa shape index (κ1) is 22.0. The maximum Gasteiger partial charge on any atom is 0.359 e. The number of carbonyl (C=O) groups is 3. The number of nitrogens with one attached hydrogen (secondary N) is 1. The predicted molar refractivity (Wildman–Crippen MR) is 120 cm³/mol. The van der Waals surface area contributed by atoms with Crippen LogP contribution in [0.1, 0.15) is 71.1 Å². The quantitative estimate of drug-likeness (QED) is 0.740. The van der Waals surface area contributed by atoms with Gasteiger partial charge >= 0.3 is 5.97 Å². The normalized spacial score (nSPS) is 21.2. The van der Waals surface area contributed by atoms with E-state index in [9.17, 15) is 14.4 Å². The predicted octanol–water partition coefficient (Wildman–Crippen LogP) is 3.15. The topological polar surface area (TPSA) is 93.5 Å². The van der Waals surface area contributed by atoms with Crippen LogP contribution in [0.2, 0.25) is 0 Å². The fraction of sp³-hybridized carbons (Fsp3) is 0.500. The number of aryl methyl sites for hydroxylation is 2. The molecule has 8 nitrogen and oxygen atoms in total. The second-order valence-corrected chi connectivity index (χ2v) is 9.07. The number of amides is 2. The van der Waals surface area contributed by atoms with E-state index >= 15 is 0 Å². The molecule has 1 atom stereocenters.